The van der Waals surface area contributed by atoms with Crippen LogP contribution >= 0.6 is 0 Å². The lowest BCUT2D eigenvalue weighted by Crippen LogP contribution is -2.37. The van der Waals surface area contributed by atoms with E-state index in [1.165, 1.54) is 0 Å². The lowest BCUT2D eigenvalue weighted by atomic mass is 10.2. The Morgan fingerprint density at radius 1 is 1.42 bits per heavy atom. The fourth-order valence-electron chi connectivity index (χ4n) is 2.39. The summed E-state index contributed by atoms with van der Waals surface area (Å²) in [5, 5.41) is 0. The molecule has 1 saturated heterocycles. The molecule has 1 heterocycles. The van der Waals surface area contributed by atoms with Crippen LogP contribution < -0.4 is 0 Å². The van der Waals surface area contributed by atoms with E-state index in [2.05, 4.69) is 10.8 Å². The Bertz CT molecular complexity index is 450. The molecule has 0 radical (unpaired) electrons. The number of carbonyl (C=O) groups is 1. The number of likely N-dealkylation sites (tertiary alicyclic amines) is 1. The van der Waals surface area contributed by atoms with Crippen molar-refractivity contribution in [3.8, 4) is 12.3 Å². The van der Waals surface area contributed by atoms with Crippen molar-refractivity contribution in [1.29, 1.82) is 0 Å². The van der Waals surface area contributed by atoms with Crippen molar-refractivity contribution >= 4 is 5.97 Å². The molecule has 0 bridgehead atoms. The van der Waals surface area contributed by atoms with E-state index in [1.807, 2.05) is 30.3 Å². The maximum Gasteiger partial charge on any atom is 0.323 e. The Hall–Kier alpha value is -1.79. The van der Waals surface area contributed by atoms with Crippen LogP contribution in [0.5, 0.6) is 0 Å². The summed E-state index contributed by atoms with van der Waals surface area (Å²) in [4.78, 5) is 14.2. The van der Waals surface area contributed by atoms with Gasteiger partial charge in [-0.2, -0.15) is 0 Å². The van der Waals surface area contributed by atoms with E-state index in [1.54, 1.807) is 0 Å². The van der Waals surface area contributed by atoms with Crippen LogP contribution in [0.1, 0.15) is 24.8 Å². The molecule has 3 nitrogen and oxygen atoms in total. The van der Waals surface area contributed by atoms with E-state index in [-0.39, 0.29) is 12.0 Å². The van der Waals surface area contributed by atoms with Gasteiger partial charge in [-0.05, 0) is 24.9 Å². The minimum Gasteiger partial charge on any atom is -0.460 e. The van der Waals surface area contributed by atoms with E-state index in [9.17, 15) is 4.79 Å². The first-order chi connectivity index (χ1) is 9.31. The molecule has 2 rings (SSSR count). The Balaban J connectivity index is 1.84. The lowest BCUT2D eigenvalue weighted by Gasteiger charge is -2.21. The van der Waals surface area contributed by atoms with E-state index in [0.29, 0.717) is 13.0 Å². The third-order valence-electron chi connectivity index (χ3n) is 3.40. The molecule has 1 aliphatic heterocycles. The van der Waals surface area contributed by atoms with Gasteiger partial charge in [-0.1, -0.05) is 30.3 Å². The van der Waals surface area contributed by atoms with Crippen LogP contribution in [-0.4, -0.2) is 30.0 Å². The van der Waals surface area contributed by atoms with Crippen molar-refractivity contribution in [3.63, 3.8) is 0 Å². The van der Waals surface area contributed by atoms with Crippen LogP contribution in [0.25, 0.3) is 0 Å². The molecule has 1 aromatic carbocycles. The first kappa shape index (κ1) is 13.6. The number of carbonyl (C=O) groups excluding carboxylic acids is 1. The molecular weight excluding hydrogens is 238 g/mol. The second-order valence-corrected chi connectivity index (χ2v) is 4.74. The van der Waals surface area contributed by atoms with Gasteiger partial charge in [-0.15, -0.1) is 12.3 Å². The minimum absolute atomic E-state index is 0.114. The van der Waals surface area contributed by atoms with Gasteiger partial charge < -0.3 is 4.74 Å². The monoisotopic (exact) mass is 257 g/mol. The Kier molecular flexibility index (Phi) is 5.00. The van der Waals surface area contributed by atoms with Gasteiger partial charge in [0.1, 0.15) is 12.6 Å². The van der Waals surface area contributed by atoms with Crippen LogP contribution in [0.4, 0.5) is 0 Å². The van der Waals surface area contributed by atoms with E-state index in [4.69, 9.17) is 11.2 Å². The quantitative estimate of drug-likeness (QED) is 0.598. The summed E-state index contributed by atoms with van der Waals surface area (Å²) in [6.45, 7) is 2.06. The third kappa shape index (κ3) is 3.84. The largest absolute Gasteiger partial charge is 0.460 e. The predicted molar refractivity (Wildman–Crippen MR) is 74.3 cm³/mol. The van der Waals surface area contributed by atoms with Gasteiger partial charge in [0.2, 0.25) is 0 Å². The zero-order chi connectivity index (χ0) is 13.5. The second-order valence-electron chi connectivity index (χ2n) is 4.74. The molecule has 0 spiro atoms. The molecule has 1 aromatic rings. The lowest BCUT2D eigenvalue weighted by molar-refractivity contribution is -0.150. The first-order valence-electron chi connectivity index (χ1n) is 6.69. The first-order valence-corrected chi connectivity index (χ1v) is 6.69. The number of terminal acetylenes is 1. The SMILES string of the molecule is C#CCCN1CCC[C@H]1C(=O)OCc1ccccc1. The highest BCUT2D eigenvalue weighted by molar-refractivity contribution is 5.76. The van der Waals surface area contributed by atoms with Crippen molar-refractivity contribution in [1.82, 2.24) is 4.90 Å². The number of benzene rings is 1. The molecule has 1 atom stereocenters. The molecule has 0 saturated carbocycles. The van der Waals surface area contributed by atoms with Crippen molar-refractivity contribution in [3.05, 3.63) is 35.9 Å². The Morgan fingerprint density at radius 2 is 2.21 bits per heavy atom. The van der Waals surface area contributed by atoms with Gasteiger partial charge in [0.15, 0.2) is 0 Å². The van der Waals surface area contributed by atoms with Gasteiger partial charge >= 0.3 is 5.97 Å². The second kappa shape index (κ2) is 6.96. The standard InChI is InChI=1S/C16H19NO2/c1-2-3-11-17-12-7-10-15(17)16(18)19-13-14-8-5-4-6-9-14/h1,4-6,8-9,15H,3,7,10-13H2/t15-/m0/s1. The van der Waals surface area contributed by atoms with Crippen molar-refractivity contribution in [2.24, 2.45) is 0 Å². The average molecular weight is 257 g/mol. The molecular formula is C16H19NO2. The summed E-state index contributed by atoms with van der Waals surface area (Å²) in [6.07, 6.45) is 7.86. The van der Waals surface area contributed by atoms with Gasteiger partial charge in [-0.25, -0.2) is 0 Å². The zero-order valence-electron chi connectivity index (χ0n) is 11.0. The summed E-state index contributed by atoms with van der Waals surface area (Å²) in [5.74, 6) is 2.49. The molecule has 0 amide bonds. The van der Waals surface area contributed by atoms with Crippen molar-refractivity contribution < 1.29 is 9.53 Å². The van der Waals surface area contributed by atoms with Crippen LogP contribution in [0.15, 0.2) is 30.3 Å². The van der Waals surface area contributed by atoms with Crippen LogP contribution in [0.3, 0.4) is 0 Å². The van der Waals surface area contributed by atoms with E-state index in [0.717, 1.165) is 31.5 Å². The van der Waals surface area contributed by atoms with Gasteiger partial charge in [0.05, 0.1) is 0 Å². The summed E-state index contributed by atoms with van der Waals surface area (Å²) in [6, 6.07) is 9.63. The summed E-state index contributed by atoms with van der Waals surface area (Å²) in [5.41, 5.74) is 1.02. The van der Waals surface area contributed by atoms with Crippen LogP contribution in [-0.2, 0) is 16.1 Å². The van der Waals surface area contributed by atoms with Gasteiger partial charge in [0.25, 0.3) is 0 Å². The molecule has 0 N–H and O–H groups in total. The minimum atomic E-state index is -0.127. The topological polar surface area (TPSA) is 29.5 Å². The van der Waals surface area contributed by atoms with E-state index >= 15 is 0 Å². The summed E-state index contributed by atoms with van der Waals surface area (Å²) >= 11 is 0. The maximum atomic E-state index is 12.1. The molecule has 0 unspecified atom stereocenters. The highest BCUT2D eigenvalue weighted by atomic mass is 16.5. The highest BCUT2D eigenvalue weighted by Gasteiger charge is 2.31. The normalized spacial score (nSPS) is 19.0. The average Bonchev–Trinajstić information content (AvgIpc) is 2.92. The van der Waals surface area contributed by atoms with Crippen molar-refractivity contribution in [2.45, 2.75) is 31.9 Å². The molecule has 3 heteroatoms. The molecule has 1 aliphatic rings. The molecule has 0 aliphatic carbocycles. The number of esters is 1. The number of ether oxygens (including phenoxy) is 1. The number of nitrogens with zero attached hydrogens (tertiary/aromatic N) is 1. The van der Waals surface area contributed by atoms with Crippen LogP contribution in [0, 0.1) is 12.3 Å². The van der Waals surface area contributed by atoms with Gasteiger partial charge in [-0.3, -0.25) is 9.69 Å². The predicted octanol–water partition coefficient (Wildman–Crippen LogP) is 2.22. The van der Waals surface area contributed by atoms with Crippen LogP contribution in [0.2, 0.25) is 0 Å². The fraction of sp³-hybridized carbons (Fsp3) is 0.438. The molecule has 19 heavy (non-hydrogen) atoms. The zero-order valence-corrected chi connectivity index (χ0v) is 11.0. The Labute approximate surface area is 114 Å². The fourth-order valence-corrected chi connectivity index (χ4v) is 2.39. The van der Waals surface area contributed by atoms with Crippen molar-refractivity contribution in [2.75, 3.05) is 13.1 Å². The third-order valence-corrected chi connectivity index (χ3v) is 3.40. The Morgan fingerprint density at radius 3 is 2.95 bits per heavy atom. The van der Waals surface area contributed by atoms with Gasteiger partial charge in [0, 0.05) is 13.0 Å². The summed E-state index contributed by atoms with van der Waals surface area (Å²) in [7, 11) is 0. The number of hydrogen-bond donors (Lipinski definition) is 0. The molecule has 100 valence electrons. The number of rotatable bonds is 5. The highest BCUT2D eigenvalue weighted by Crippen LogP contribution is 2.19. The molecule has 1 fully saturated rings. The maximum absolute atomic E-state index is 12.1. The number of hydrogen-bond acceptors (Lipinski definition) is 3. The smallest absolute Gasteiger partial charge is 0.323 e. The molecule has 0 aromatic heterocycles. The summed E-state index contributed by atoms with van der Waals surface area (Å²) < 4.78 is 5.39. The van der Waals surface area contributed by atoms with E-state index < -0.39 is 0 Å².